The Kier molecular flexibility index (Phi) is 19.3. The van der Waals surface area contributed by atoms with Crippen LogP contribution in [0.1, 0.15) is 12.8 Å². The smallest absolute Gasteiger partial charge is 0.550 e. The number of carbonyl (C=O) groups is 2. The van der Waals surface area contributed by atoms with Crippen molar-refractivity contribution in [3.63, 3.8) is 0 Å². The molecule has 0 radical (unpaired) electrons. The maximum Gasteiger partial charge on any atom is 1.00 e. The van der Waals surface area contributed by atoms with Gasteiger partial charge in [0.15, 0.2) is 0 Å². The summed E-state index contributed by atoms with van der Waals surface area (Å²) in [4.78, 5) is 19.6. The predicted octanol–water partition coefficient (Wildman–Crippen LogP) is -9.14. The van der Waals surface area contributed by atoms with Gasteiger partial charge in [0, 0.05) is 12.5 Å². The van der Waals surface area contributed by atoms with Gasteiger partial charge in [-0.05, 0) is 19.4 Å². The molecule has 13 heavy (non-hydrogen) atoms. The van der Waals surface area contributed by atoms with Gasteiger partial charge >= 0.3 is 59.1 Å². The molecule has 0 bridgehead atoms. The van der Waals surface area contributed by atoms with Crippen molar-refractivity contribution in [3.05, 3.63) is 0 Å². The van der Waals surface area contributed by atoms with E-state index in [1.54, 1.807) is 0 Å². The zero-order valence-electron chi connectivity index (χ0n) is 7.96. The van der Waals surface area contributed by atoms with Crippen molar-refractivity contribution >= 4 is 11.9 Å². The molecule has 0 fully saturated rings. The van der Waals surface area contributed by atoms with E-state index in [0.29, 0.717) is 13.0 Å². The van der Waals surface area contributed by atoms with E-state index in [1.807, 2.05) is 0 Å². The molecule has 0 heterocycles. The minimum atomic E-state index is -1.20. The van der Waals surface area contributed by atoms with E-state index >= 15 is 0 Å². The third-order valence-corrected chi connectivity index (χ3v) is 1.00. The Hall–Kier alpha value is 0.900. The maximum atomic E-state index is 9.83. The average molecular weight is 205 g/mol. The first-order valence-corrected chi connectivity index (χ1v) is 3.23. The molecule has 0 atom stereocenters. The second kappa shape index (κ2) is 12.9. The van der Waals surface area contributed by atoms with Crippen molar-refractivity contribution in [1.82, 2.24) is 5.32 Å². The van der Waals surface area contributed by atoms with E-state index in [1.165, 1.54) is 0 Å². The van der Waals surface area contributed by atoms with Crippen LogP contribution in [0.2, 0.25) is 0 Å². The van der Waals surface area contributed by atoms with Crippen LogP contribution in [0.15, 0.2) is 0 Å². The summed E-state index contributed by atoms with van der Waals surface area (Å²) in [7, 11) is 0. The van der Waals surface area contributed by atoms with Gasteiger partial charge in [0.25, 0.3) is 0 Å². The van der Waals surface area contributed by atoms with Crippen molar-refractivity contribution in [2.24, 2.45) is 0 Å². The summed E-state index contributed by atoms with van der Waals surface area (Å²) >= 11 is 0. The monoisotopic (exact) mass is 205 g/mol. The molecule has 0 spiro atoms. The number of rotatable bonds is 6. The van der Waals surface area contributed by atoms with E-state index < -0.39 is 11.9 Å². The maximum absolute atomic E-state index is 9.83. The first kappa shape index (κ1) is 19.5. The topological polar surface area (TPSA) is 92.3 Å². The molecule has 0 aromatic rings. The molecule has 5 nitrogen and oxygen atoms in total. The zero-order valence-corrected chi connectivity index (χ0v) is 12.0. The minimum Gasteiger partial charge on any atom is -0.550 e. The second-order valence-corrected chi connectivity index (χ2v) is 2.02. The number of carboxylic acid groups (broad SMARTS) is 2. The van der Waals surface area contributed by atoms with Crippen molar-refractivity contribution in [3.8, 4) is 0 Å². The van der Waals surface area contributed by atoms with Crippen LogP contribution < -0.4 is 74.6 Å². The quantitative estimate of drug-likeness (QED) is 0.343. The van der Waals surface area contributed by atoms with E-state index in [9.17, 15) is 19.8 Å². The van der Waals surface area contributed by atoms with Gasteiger partial charge in [0.1, 0.15) is 0 Å². The molecular weight excluding hydrogens is 196 g/mol. The van der Waals surface area contributed by atoms with Crippen LogP contribution in [0.5, 0.6) is 0 Å². The van der Waals surface area contributed by atoms with Crippen LogP contribution in [0.3, 0.4) is 0 Å². The first-order chi connectivity index (χ1) is 5.13. The van der Waals surface area contributed by atoms with Gasteiger partial charge in [0.05, 0.1) is 5.97 Å². The summed E-state index contributed by atoms with van der Waals surface area (Å²) in [6, 6.07) is 0. The summed E-state index contributed by atoms with van der Waals surface area (Å²) in [6.07, 6.45) is 0.315. The summed E-state index contributed by atoms with van der Waals surface area (Å²) in [5.74, 6) is -2.32. The third-order valence-electron chi connectivity index (χ3n) is 1.00. The van der Waals surface area contributed by atoms with Crippen LogP contribution in [0, 0.1) is 0 Å². The van der Waals surface area contributed by atoms with Crippen LogP contribution in [0.4, 0.5) is 0 Å². The third kappa shape index (κ3) is 19.3. The van der Waals surface area contributed by atoms with Gasteiger partial charge < -0.3 is 25.1 Å². The van der Waals surface area contributed by atoms with E-state index in [2.05, 4.69) is 5.32 Å². The molecule has 64 valence electrons. The molecule has 0 aromatic heterocycles. The number of carboxylic acids is 2. The Labute approximate surface area is 121 Å². The van der Waals surface area contributed by atoms with Crippen molar-refractivity contribution < 1.29 is 78.9 Å². The molecule has 0 aromatic carbocycles. The standard InChI is InChI=1S/C6H11NO4.2Na/c8-5(9)2-1-3-7-4-6(10)11;;/h7H,1-4H2,(H,8,9)(H,10,11);;/q;2*+1/p-2. The molecule has 7 heteroatoms. The normalized spacial score (nSPS) is 8.00. The molecule has 0 rings (SSSR count). The van der Waals surface area contributed by atoms with Crippen molar-refractivity contribution in [2.45, 2.75) is 12.8 Å². The van der Waals surface area contributed by atoms with Crippen LogP contribution in [-0.2, 0) is 9.59 Å². The van der Waals surface area contributed by atoms with Crippen LogP contribution in [0.25, 0.3) is 0 Å². The Morgan fingerprint density at radius 2 is 1.62 bits per heavy atom. The first-order valence-electron chi connectivity index (χ1n) is 3.23. The summed E-state index contributed by atoms with van der Waals surface area (Å²) < 4.78 is 0. The average Bonchev–Trinajstić information content (AvgIpc) is 1.85. The fraction of sp³-hybridized carbons (Fsp3) is 0.667. The van der Waals surface area contributed by atoms with Gasteiger partial charge in [-0.15, -0.1) is 0 Å². The molecule has 0 unspecified atom stereocenters. The molecule has 1 N–H and O–H groups in total. The molecule has 0 saturated carbocycles. The van der Waals surface area contributed by atoms with Crippen LogP contribution in [-0.4, -0.2) is 25.0 Å². The Morgan fingerprint density at radius 1 is 1.08 bits per heavy atom. The second-order valence-electron chi connectivity index (χ2n) is 2.02. The van der Waals surface area contributed by atoms with Gasteiger partial charge in [-0.2, -0.15) is 0 Å². The Bertz CT molecular complexity index is 138. The van der Waals surface area contributed by atoms with Gasteiger partial charge in [-0.1, -0.05) is 0 Å². The Balaban J connectivity index is -0.000000500. The van der Waals surface area contributed by atoms with Gasteiger partial charge in [0.2, 0.25) is 0 Å². The van der Waals surface area contributed by atoms with E-state index in [4.69, 9.17) is 0 Å². The molecule has 0 aliphatic rings. The fourth-order valence-electron chi connectivity index (χ4n) is 0.548. The molecule has 0 saturated heterocycles. The van der Waals surface area contributed by atoms with Crippen molar-refractivity contribution in [1.29, 1.82) is 0 Å². The van der Waals surface area contributed by atoms with Crippen LogP contribution >= 0.6 is 0 Å². The fourth-order valence-corrected chi connectivity index (χ4v) is 0.548. The minimum absolute atomic E-state index is 0. The number of nitrogens with one attached hydrogen (secondary N) is 1. The summed E-state index contributed by atoms with van der Waals surface area (Å²) in [5, 5.41) is 22.1. The van der Waals surface area contributed by atoms with Crippen molar-refractivity contribution in [2.75, 3.05) is 13.1 Å². The number of carbonyl (C=O) groups excluding carboxylic acids is 2. The summed E-state index contributed by atoms with van der Waals surface area (Å²) in [5.41, 5.74) is 0. The van der Waals surface area contributed by atoms with E-state index in [0.717, 1.165) is 0 Å². The van der Waals surface area contributed by atoms with Gasteiger partial charge in [-0.3, -0.25) is 0 Å². The number of hydrogen-bond donors (Lipinski definition) is 1. The zero-order chi connectivity index (χ0) is 8.69. The number of hydrogen-bond acceptors (Lipinski definition) is 5. The number of aliphatic carboxylic acids is 2. The van der Waals surface area contributed by atoms with Gasteiger partial charge in [-0.25, -0.2) is 0 Å². The summed E-state index contributed by atoms with van der Waals surface area (Å²) in [6.45, 7) is 0.106. The molecule has 0 amide bonds. The predicted molar refractivity (Wildman–Crippen MR) is 32.1 cm³/mol. The molecular formula is C6H9NNa2O4. The Morgan fingerprint density at radius 3 is 2.00 bits per heavy atom. The molecule has 0 aliphatic heterocycles. The largest absolute Gasteiger partial charge is 1.00 e. The SMILES string of the molecule is O=C([O-])CCCNCC(=O)[O-].[Na+].[Na+]. The molecule has 0 aliphatic carbocycles. The van der Waals surface area contributed by atoms with E-state index in [-0.39, 0.29) is 72.1 Å².